The Morgan fingerprint density at radius 2 is 0.785 bits per heavy atom. The molecule has 1 amide bonds. The number of allylic oxidation sites excluding steroid dienone is 6. The zero-order valence-electron chi connectivity index (χ0n) is 43.6. The van der Waals surface area contributed by atoms with Gasteiger partial charge in [0.25, 0.3) is 0 Å². The monoisotopic (exact) mass is 914 g/mol. The van der Waals surface area contributed by atoms with Gasteiger partial charge in [-0.25, -0.2) is 0 Å². The van der Waals surface area contributed by atoms with Crippen LogP contribution in [0.3, 0.4) is 0 Å². The van der Waals surface area contributed by atoms with E-state index in [0.29, 0.717) is 19.3 Å². The van der Waals surface area contributed by atoms with Crippen LogP contribution in [0, 0.1) is 0 Å². The van der Waals surface area contributed by atoms with Crippen molar-refractivity contribution >= 4 is 11.9 Å². The van der Waals surface area contributed by atoms with Crippen LogP contribution in [0.25, 0.3) is 0 Å². The number of carbonyl (C=O) groups is 2. The highest BCUT2D eigenvalue weighted by Crippen LogP contribution is 2.18. The molecule has 0 aliphatic heterocycles. The molecule has 0 bridgehead atoms. The second-order valence-corrected chi connectivity index (χ2v) is 19.7. The molecule has 0 aromatic heterocycles. The van der Waals surface area contributed by atoms with E-state index in [4.69, 9.17) is 4.74 Å². The molecular weight excluding hydrogens is 803 g/mol. The smallest absolute Gasteiger partial charge is 0.306 e. The number of rotatable bonds is 52. The van der Waals surface area contributed by atoms with Crippen LogP contribution in [-0.2, 0) is 14.3 Å². The number of unbranched alkanes of at least 4 members (excludes halogenated alkanes) is 34. The molecule has 0 heterocycles. The van der Waals surface area contributed by atoms with Gasteiger partial charge in [-0.2, -0.15) is 0 Å². The zero-order valence-corrected chi connectivity index (χ0v) is 43.6. The molecule has 3 unspecified atom stereocenters. The summed E-state index contributed by atoms with van der Waals surface area (Å²) < 4.78 is 5.95. The summed E-state index contributed by atoms with van der Waals surface area (Å²) in [7, 11) is 0. The van der Waals surface area contributed by atoms with E-state index in [0.717, 1.165) is 64.2 Å². The van der Waals surface area contributed by atoms with Crippen molar-refractivity contribution in [3.05, 3.63) is 36.5 Å². The summed E-state index contributed by atoms with van der Waals surface area (Å²) in [6.07, 6.45) is 63.5. The van der Waals surface area contributed by atoms with E-state index in [1.807, 2.05) is 0 Å². The fourth-order valence-corrected chi connectivity index (χ4v) is 8.81. The fraction of sp³-hybridized carbons (Fsp3) is 0.864. The van der Waals surface area contributed by atoms with Gasteiger partial charge < -0.3 is 20.3 Å². The Bertz CT molecular complexity index is 1070. The van der Waals surface area contributed by atoms with E-state index in [1.54, 1.807) is 0 Å². The molecule has 0 rings (SSSR count). The van der Waals surface area contributed by atoms with Gasteiger partial charge in [0, 0.05) is 6.42 Å². The summed E-state index contributed by atoms with van der Waals surface area (Å²) in [5.41, 5.74) is 0. The van der Waals surface area contributed by atoms with Crippen molar-refractivity contribution < 1.29 is 24.5 Å². The predicted molar refractivity (Wildman–Crippen MR) is 282 cm³/mol. The van der Waals surface area contributed by atoms with Crippen LogP contribution in [0.5, 0.6) is 0 Å². The first-order valence-electron chi connectivity index (χ1n) is 28.7. The van der Waals surface area contributed by atoms with Gasteiger partial charge in [0.2, 0.25) is 5.91 Å². The van der Waals surface area contributed by atoms with Crippen molar-refractivity contribution in [2.45, 2.75) is 322 Å². The third-order valence-electron chi connectivity index (χ3n) is 13.2. The number of hydrogen-bond acceptors (Lipinski definition) is 5. The van der Waals surface area contributed by atoms with Gasteiger partial charge in [-0.3, -0.25) is 9.59 Å². The van der Waals surface area contributed by atoms with Gasteiger partial charge in [0.15, 0.2) is 0 Å². The highest BCUT2D eigenvalue weighted by molar-refractivity contribution is 5.77. The molecule has 6 nitrogen and oxygen atoms in total. The average molecular weight is 915 g/mol. The first-order valence-corrected chi connectivity index (χ1v) is 28.7. The lowest BCUT2D eigenvalue weighted by Gasteiger charge is -2.24. The van der Waals surface area contributed by atoms with Crippen molar-refractivity contribution in [1.82, 2.24) is 5.32 Å². The third-order valence-corrected chi connectivity index (χ3v) is 13.2. The molecule has 0 spiro atoms. The van der Waals surface area contributed by atoms with Crippen LogP contribution in [0.15, 0.2) is 36.5 Å². The molecular formula is C59H111NO5. The maximum atomic E-state index is 13.2. The first-order chi connectivity index (χ1) is 32.0. The molecule has 382 valence electrons. The van der Waals surface area contributed by atoms with Gasteiger partial charge in [0.1, 0.15) is 6.10 Å². The maximum Gasteiger partial charge on any atom is 0.306 e. The molecule has 0 aromatic rings. The Hall–Kier alpha value is -1.92. The number of ether oxygens (including phenoxy) is 1. The van der Waals surface area contributed by atoms with Gasteiger partial charge in [0.05, 0.1) is 25.2 Å². The van der Waals surface area contributed by atoms with Crippen molar-refractivity contribution in [2.75, 3.05) is 6.61 Å². The Kier molecular flexibility index (Phi) is 51.5. The minimum atomic E-state index is -0.790. The minimum absolute atomic E-state index is 0.0683. The van der Waals surface area contributed by atoms with Crippen molar-refractivity contribution in [1.29, 1.82) is 0 Å². The van der Waals surface area contributed by atoms with E-state index in [-0.39, 0.29) is 24.9 Å². The van der Waals surface area contributed by atoms with Crippen LogP contribution in [0.1, 0.15) is 303 Å². The molecule has 0 saturated carbocycles. The topological polar surface area (TPSA) is 95.9 Å². The lowest BCUT2D eigenvalue weighted by atomic mass is 10.0. The Morgan fingerprint density at radius 3 is 1.23 bits per heavy atom. The Morgan fingerprint density at radius 1 is 0.446 bits per heavy atom. The number of nitrogens with one attached hydrogen (secondary N) is 1. The summed E-state index contributed by atoms with van der Waals surface area (Å²) in [6.45, 7) is 6.48. The molecule has 0 radical (unpaired) electrons. The predicted octanol–water partition coefficient (Wildman–Crippen LogP) is 17.6. The normalized spacial score (nSPS) is 13.4. The number of amides is 1. The number of aliphatic hydroxyl groups is 2. The summed E-state index contributed by atoms with van der Waals surface area (Å²) in [5, 5.41) is 23.8. The van der Waals surface area contributed by atoms with Gasteiger partial charge in [-0.05, 0) is 83.5 Å². The average Bonchev–Trinajstić information content (AvgIpc) is 3.30. The quantitative estimate of drug-likeness (QED) is 0.0321. The molecule has 3 N–H and O–H groups in total. The van der Waals surface area contributed by atoms with Crippen LogP contribution < -0.4 is 5.32 Å². The SMILES string of the molecule is CCCCC/C=C\C/C=C\CCCCCCCCCCCC(=O)OC(CCCCC/C=C/CCCCCCCCC)CC(=O)NC(CO)C(O)CCCCCCCCCCCCCCC. The first kappa shape index (κ1) is 63.1. The van der Waals surface area contributed by atoms with Crippen LogP contribution in [0.2, 0.25) is 0 Å². The fourth-order valence-electron chi connectivity index (χ4n) is 8.81. The molecule has 6 heteroatoms. The van der Waals surface area contributed by atoms with Gasteiger partial charge in [-0.15, -0.1) is 0 Å². The minimum Gasteiger partial charge on any atom is -0.462 e. The zero-order chi connectivity index (χ0) is 47.4. The summed E-state index contributed by atoms with van der Waals surface area (Å²) in [4.78, 5) is 26.3. The summed E-state index contributed by atoms with van der Waals surface area (Å²) in [5.74, 6) is -0.480. The molecule has 0 fully saturated rings. The maximum absolute atomic E-state index is 13.2. The van der Waals surface area contributed by atoms with Gasteiger partial charge >= 0.3 is 5.97 Å². The van der Waals surface area contributed by atoms with E-state index >= 15 is 0 Å². The summed E-state index contributed by atoms with van der Waals surface area (Å²) in [6, 6.07) is -0.705. The lowest BCUT2D eigenvalue weighted by molar-refractivity contribution is -0.151. The van der Waals surface area contributed by atoms with Gasteiger partial charge in [-0.1, -0.05) is 243 Å². The summed E-state index contributed by atoms with van der Waals surface area (Å²) >= 11 is 0. The Labute approximate surface area is 404 Å². The van der Waals surface area contributed by atoms with Crippen LogP contribution in [-0.4, -0.2) is 46.9 Å². The van der Waals surface area contributed by atoms with E-state index < -0.39 is 18.2 Å². The molecule has 65 heavy (non-hydrogen) atoms. The number of hydrogen-bond donors (Lipinski definition) is 3. The van der Waals surface area contributed by atoms with E-state index in [1.165, 1.54) is 193 Å². The van der Waals surface area contributed by atoms with Crippen LogP contribution in [0.4, 0.5) is 0 Å². The second-order valence-electron chi connectivity index (χ2n) is 19.7. The highest BCUT2D eigenvalue weighted by atomic mass is 16.5. The van der Waals surface area contributed by atoms with Crippen LogP contribution >= 0.6 is 0 Å². The van der Waals surface area contributed by atoms with Crippen molar-refractivity contribution in [3.8, 4) is 0 Å². The second kappa shape index (κ2) is 53.0. The standard InChI is InChI=1S/C59H111NO5/c1-4-7-10-13-16-19-22-25-27-28-29-30-31-34-37-40-43-46-49-52-59(64)65-55(50-47-44-41-38-35-33-26-23-20-17-14-11-8-5-2)53-58(63)60-56(54-61)57(62)51-48-45-42-39-36-32-24-21-18-15-12-9-6-3/h16,19,25,27,33,35,55-57,61-62H,4-15,17-18,20-24,26,28-32,34,36-54H2,1-3H3,(H,60,63)/b19-16-,27-25-,35-33+. The van der Waals surface area contributed by atoms with Crippen molar-refractivity contribution in [2.24, 2.45) is 0 Å². The molecule has 0 aromatic carbocycles. The van der Waals surface area contributed by atoms with E-state index in [9.17, 15) is 19.8 Å². The number of aliphatic hydroxyl groups excluding tert-OH is 2. The third kappa shape index (κ3) is 48.3. The number of esters is 1. The molecule has 0 aliphatic rings. The molecule has 0 aliphatic carbocycles. The number of carbonyl (C=O) groups excluding carboxylic acids is 2. The Balaban J connectivity index is 4.53. The van der Waals surface area contributed by atoms with E-state index in [2.05, 4.69) is 62.5 Å². The largest absolute Gasteiger partial charge is 0.462 e. The van der Waals surface area contributed by atoms with Crippen molar-refractivity contribution in [3.63, 3.8) is 0 Å². The molecule has 0 saturated heterocycles. The lowest BCUT2D eigenvalue weighted by Crippen LogP contribution is -2.46. The highest BCUT2D eigenvalue weighted by Gasteiger charge is 2.24. The molecule has 3 atom stereocenters.